The van der Waals surface area contributed by atoms with E-state index in [4.69, 9.17) is 15.2 Å². The first-order chi connectivity index (χ1) is 19.7. The highest BCUT2D eigenvalue weighted by Crippen LogP contribution is 2.43. The van der Waals surface area contributed by atoms with Gasteiger partial charge >= 0.3 is 6.09 Å². The largest absolute Gasteiger partial charge is 0.504 e. The number of phenols is 1. The van der Waals surface area contributed by atoms with Gasteiger partial charge in [-0.2, -0.15) is 0 Å². The molecule has 41 heavy (non-hydrogen) atoms. The van der Waals surface area contributed by atoms with E-state index in [-0.39, 0.29) is 11.7 Å². The summed E-state index contributed by atoms with van der Waals surface area (Å²) in [6.07, 6.45) is 3.01. The molecule has 0 saturated carbocycles. The molecule has 212 valence electrons. The Bertz CT molecular complexity index is 1560. The van der Waals surface area contributed by atoms with E-state index in [1.807, 2.05) is 56.3 Å². The molecule has 0 spiro atoms. The Balaban J connectivity index is 1.49. The lowest BCUT2D eigenvalue weighted by Crippen LogP contribution is -2.29. The highest BCUT2D eigenvalue weighted by atomic mass is 16.6. The van der Waals surface area contributed by atoms with E-state index < -0.39 is 17.6 Å². The van der Waals surface area contributed by atoms with Crippen molar-refractivity contribution in [1.82, 2.24) is 0 Å². The number of aromatic hydroxyl groups is 1. The van der Waals surface area contributed by atoms with E-state index in [0.29, 0.717) is 41.2 Å². The molecule has 0 heterocycles. The normalized spacial score (nSPS) is 12.2. The molecule has 4 rings (SSSR count). The van der Waals surface area contributed by atoms with Crippen molar-refractivity contribution in [2.24, 2.45) is 5.41 Å². The summed E-state index contributed by atoms with van der Waals surface area (Å²) >= 11 is 0. The van der Waals surface area contributed by atoms with Crippen LogP contribution in [0.15, 0.2) is 97.1 Å². The van der Waals surface area contributed by atoms with Crippen molar-refractivity contribution in [3.05, 3.63) is 103 Å². The lowest BCUT2D eigenvalue weighted by molar-refractivity contribution is -0.111. The second kappa shape index (κ2) is 12.9. The number of rotatable bonds is 10. The lowest BCUT2D eigenvalue weighted by atomic mass is 9.78. The molecule has 1 atom stereocenters. The number of methoxy groups -OCH3 is 1. The maximum atomic E-state index is 13.2. The third-order valence-corrected chi connectivity index (χ3v) is 6.91. The number of carbonyl (C=O) groups is 2. The Labute approximate surface area is 239 Å². The van der Waals surface area contributed by atoms with Crippen molar-refractivity contribution >= 4 is 39.8 Å². The molecular weight excluding hydrogens is 518 g/mol. The number of hydrogen-bond acceptors (Lipinski definition) is 6. The number of allylic oxidation sites excluding steroid dienone is 1. The fourth-order valence-electron chi connectivity index (χ4n) is 4.69. The second-order valence-electron chi connectivity index (χ2n) is 10.4. The summed E-state index contributed by atoms with van der Waals surface area (Å²) in [5.74, 6) is -0.0258. The Morgan fingerprint density at radius 1 is 0.951 bits per heavy atom. The van der Waals surface area contributed by atoms with Crippen LogP contribution in [0.2, 0.25) is 0 Å². The van der Waals surface area contributed by atoms with E-state index in [9.17, 15) is 14.7 Å². The second-order valence-corrected chi connectivity index (χ2v) is 10.4. The standard InChI is InChI=1S/C33H35N3O5/c1-33(2,20-9-8-17-30(38)35-27-15-7-6-14-25(27)34)31(23-18-19-29(40-3)28(37)21-23)41-32(39)36-26-16-10-12-22-11-4-5-13-24(22)26/h4-8,10-19,21,31,37H,9,20,34H2,1-3H3,(H,35,38)(H,36,39)/b17-8+/t31-/m0/s1. The molecular formula is C33H35N3O5. The number of nitrogens with one attached hydrogen (secondary N) is 2. The summed E-state index contributed by atoms with van der Waals surface area (Å²) in [7, 11) is 1.47. The van der Waals surface area contributed by atoms with Crippen molar-refractivity contribution in [3.63, 3.8) is 0 Å². The number of nitrogen functional groups attached to an aromatic ring is 1. The summed E-state index contributed by atoms with van der Waals surface area (Å²) in [4.78, 5) is 25.6. The third-order valence-electron chi connectivity index (χ3n) is 6.91. The minimum absolute atomic E-state index is 0.0550. The fourth-order valence-corrected chi connectivity index (χ4v) is 4.69. The van der Waals surface area contributed by atoms with Gasteiger partial charge < -0.3 is 25.6 Å². The predicted molar refractivity (Wildman–Crippen MR) is 163 cm³/mol. The number of carbonyl (C=O) groups excluding carboxylic acids is 2. The van der Waals surface area contributed by atoms with E-state index in [0.717, 1.165) is 10.8 Å². The molecule has 0 saturated heterocycles. The highest BCUT2D eigenvalue weighted by Gasteiger charge is 2.34. The minimum Gasteiger partial charge on any atom is -0.504 e. The van der Waals surface area contributed by atoms with Gasteiger partial charge in [0, 0.05) is 10.8 Å². The Morgan fingerprint density at radius 3 is 2.41 bits per heavy atom. The van der Waals surface area contributed by atoms with Gasteiger partial charge in [0.05, 0.1) is 24.2 Å². The molecule has 0 unspecified atom stereocenters. The highest BCUT2D eigenvalue weighted by molar-refractivity contribution is 6.01. The molecule has 0 aliphatic rings. The van der Waals surface area contributed by atoms with E-state index >= 15 is 0 Å². The average molecular weight is 554 g/mol. The molecule has 2 amide bonds. The van der Waals surface area contributed by atoms with Crippen LogP contribution in [-0.4, -0.2) is 24.2 Å². The molecule has 0 aromatic heterocycles. The number of phenolic OH excluding ortho intramolecular Hbond substituents is 1. The van der Waals surface area contributed by atoms with Crippen LogP contribution in [0.4, 0.5) is 21.9 Å². The number of amides is 2. The van der Waals surface area contributed by atoms with E-state index in [1.54, 1.807) is 48.5 Å². The monoisotopic (exact) mass is 553 g/mol. The first-order valence-corrected chi connectivity index (χ1v) is 13.3. The van der Waals surface area contributed by atoms with Gasteiger partial charge in [0.1, 0.15) is 6.10 Å². The molecule has 8 heteroatoms. The number of hydrogen-bond donors (Lipinski definition) is 4. The zero-order chi connectivity index (χ0) is 29.4. The molecule has 0 fully saturated rings. The van der Waals surface area contributed by atoms with Gasteiger partial charge in [0.15, 0.2) is 11.5 Å². The number of anilines is 3. The molecule has 0 bridgehead atoms. The third kappa shape index (κ3) is 7.36. The summed E-state index contributed by atoms with van der Waals surface area (Å²) in [6.45, 7) is 3.95. The van der Waals surface area contributed by atoms with Gasteiger partial charge in [0.25, 0.3) is 0 Å². The smallest absolute Gasteiger partial charge is 0.412 e. The van der Waals surface area contributed by atoms with Crippen molar-refractivity contribution in [1.29, 1.82) is 0 Å². The van der Waals surface area contributed by atoms with Gasteiger partial charge in [-0.3, -0.25) is 10.1 Å². The summed E-state index contributed by atoms with van der Waals surface area (Å²) in [5, 5.41) is 18.0. The van der Waals surface area contributed by atoms with E-state index in [1.165, 1.54) is 13.2 Å². The maximum absolute atomic E-state index is 13.2. The van der Waals surface area contributed by atoms with Crippen LogP contribution in [0.1, 0.15) is 38.4 Å². The SMILES string of the molecule is COc1ccc([C@H](OC(=O)Nc2cccc3ccccc23)C(C)(C)CC/C=C/C(=O)Nc2ccccc2N)cc1O. The number of fused-ring (bicyclic) bond motifs is 1. The van der Waals surface area contributed by atoms with Crippen LogP contribution < -0.4 is 21.1 Å². The Kier molecular flexibility index (Phi) is 9.14. The molecule has 0 radical (unpaired) electrons. The van der Waals surface area contributed by atoms with Crippen molar-refractivity contribution in [2.75, 3.05) is 23.5 Å². The molecule has 5 N–H and O–H groups in total. The number of nitrogens with two attached hydrogens (primary N) is 1. The number of benzene rings is 4. The van der Waals surface area contributed by atoms with Crippen LogP contribution in [0.3, 0.4) is 0 Å². The van der Waals surface area contributed by atoms with Crippen LogP contribution in [0.5, 0.6) is 11.5 Å². The Hall–Kier alpha value is -4.98. The predicted octanol–water partition coefficient (Wildman–Crippen LogP) is 7.43. The average Bonchev–Trinajstić information content (AvgIpc) is 2.95. The van der Waals surface area contributed by atoms with Crippen molar-refractivity contribution in [2.45, 2.75) is 32.8 Å². The van der Waals surface area contributed by atoms with Crippen LogP contribution in [0.25, 0.3) is 10.8 Å². The van der Waals surface area contributed by atoms with E-state index in [2.05, 4.69) is 10.6 Å². The van der Waals surface area contributed by atoms with Gasteiger partial charge in [-0.25, -0.2) is 4.79 Å². The first-order valence-electron chi connectivity index (χ1n) is 13.3. The molecule has 0 aliphatic heterocycles. The zero-order valence-electron chi connectivity index (χ0n) is 23.4. The number of para-hydroxylation sites is 2. The van der Waals surface area contributed by atoms with Gasteiger partial charge in [-0.1, -0.05) is 74.5 Å². The summed E-state index contributed by atoms with van der Waals surface area (Å²) in [5.41, 5.74) is 7.60. The van der Waals surface area contributed by atoms with Crippen LogP contribution in [0, 0.1) is 5.41 Å². The summed E-state index contributed by atoms with van der Waals surface area (Å²) in [6, 6.07) is 25.4. The topological polar surface area (TPSA) is 123 Å². The van der Waals surface area contributed by atoms with Crippen molar-refractivity contribution < 1.29 is 24.2 Å². The van der Waals surface area contributed by atoms with Crippen LogP contribution >= 0.6 is 0 Å². The maximum Gasteiger partial charge on any atom is 0.412 e. The van der Waals surface area contributed by atoms with Gasteiger partial charge in [-0.05, 0) is 60.2 Å². The van der Waals surface area contributed by atoms with Crippen LogP contribution in [-0.2, 0) is 9.53 Å². The first kappa shape index (κ1) is 29.0. The lowest BCUT2D eigenvalue weighted by Gasteiger charge is -2.34. The molecule has 4 aromatic carbocycles. The fraction of sp³-hybridized carbons (Fsp3) is 0.212. The summed E-state index contributed by atoms with van der Waals surface area (Å²) < 4.78 is 11.2. The zero-order valence-corrected chi connectivity index (χ0v) is 23.4. The molecule has 8 nitrogen and oxygen atoms in total. The number of ether oxygens (including phenoxy) is 2. The Morgan fingerprint density at radius 2 is 1.66 bits per heavy atom. The molecule has 0 aliphatic carbocycles. The van der Waals surface area contributed by atoms with Gasteiger partial charge in [-0.15, -0.1) is 0 Å². The van der Waals surface area contributed by atoms with Gasteiger partial charge in [0.2, 0.25) is 5.91 Å². The van der Waals surface area contributed by atoms with Crippen molar-refractivity contribution in [3.8, 4) is 11.5 Å². The molecule has 4 aromatic rings. The quantitative estimate of drug-likeness (QED) is 0.120. The minimum atomic E-state index is -0.722.